The summed E-state index contributed by atoms with van der Waals surface area (Å²) in [6.45, 7) is 3.66. The number of rotatable bonds is 10. The zero-order valence-corrected chi connectivity index (χ0v) is 21.8. The van der Waals surface area contributed by atoms with Gasteiger partial charge in [0.25, 0.3) is 5.79 Å². The van der Waals surface area contributed by atoms with Crippen LogP contribution in [0.3, 0.4) is 0 Å². The molecule has 1 heterocycles. The minimum absolute atomic E-state index is 0.134. The summed E-state index contributed by atoms with van der Waals surface area (Å²) in [5, 5.41) is 0. The number of ether oxygens (including phenoxy) is 6. The Morgan fingerprint density at radius 2 is 1.16 bits per heavy atom. The van der Waals surface area contributed by atoms with Crippen molar-refractivity contribution in [2.45, 2.75) is 39.3 Å². The van der Waals surface area contributed by atoms with E-state index in [9.17, 15) is 9.59 Å². The number of allylic oxidation sites excluding steroid dienone is 1. The van der Waals surface area contributed by atoms with Gasteiger partial charge in [-0.05, 0) is 59.5 Å². The minimum atomic E-state index is -1.28. The fraction of sp³-hybridized carbons (Fsp3) is 0.267. The minimum Gasteiger partial charge on any atom is -0.497 e. The first-order chi connectivity index (χ1) is 18.3. The first-order valence-electron chi connectivity index (χ1n) is 12.1. The van der Waals surface area contributed by atoms with Crippen LogP contribution < -0.4 is 18.9 Å². The van der Waals surface area contributed by atoms with Crippen molar-refractivity contribution in [1.82, 2.24) is 0 Å². The molecule has 0 saturated carbocycles. The van der Waals surface area contributed by atoms with Crippen molar-refractivity contribution in [2.24, 2.45) is 0 Å². The Labute approximate surface area is 221 Å². The third-order valence-electron chi connectivity index (χ3n) is 5.77. The molecule has 0 atom stereocenters. The largest absolute Gasteiger partial charge is 0.497 e. The van der Waals surface area contributed by atoms with Crippen molar-refractivity contribution in [1.29, 1.82) is 0 Å². The van der Waals surface area contributed by atoms with Gasteiger partial charge in [-0.15, -0.1) is 0 Å². The Balaban J connectivity index is 1.52. The molecule has 0 spiro atoms. The van der Waals surface area contributed by atoms with E-state index in [1.165, 1.54) is 19.9 Å². The van der Waals surface area contributed by atoms with Gasteiger partial charge in [-0.25, -0.2) is 9.59 Å². The second-order valence-corrected chi connectivity index (χ2v) is 9.06. The molecule has 8 heteroatoms. The molecule has 4 rings (SSSR count). The molecule has 1 fully saturated rings. The summed E-state index contributed by atoms with van der Waals surface area (Å²) >= 11 is 0. The van der Waals surface area contributed by atoms with Crippen LogP contribution in [0.1, 0.15) is 30.5 Å². The van der Waals surface area contributed by atoms with Gasteiger partial charge in [-0.3, -0.25) is 0 Å². The molecule has 3 aromatic rings. The highest BCUT2D eigenvalue weighted by molar-refractivity contribution is 6.15. The van der Waals surface area contributed by atoms with Crippen LogP contribution in [-0.2, 0) is 38.7 Å². The lowest BCUT2D eigenvalue weighted by Crippen LogP contribution is -2.41. The van der Waals surface area contributed by atoms with E-state index in [0.29, 0.717) is 24.7 Å². The van der Waals surface area contributed by atoms with Gasteiger partial charge in [-0.1, -0.05) is 36.4 Å². The van der Waals surface area contributed by atoms with Crippen molar-refractivity contribution in [2.75, 3.05) is 14.2 Å². The zero-order valence-electron chi connectivity index (χ0n) is 21.8. The topological polar surface area (TPSA) is 89.5 Å². The van der Waals surface area contributed by atoms with E-state index in [2.05, 4.69) is 0 Å². The highest BCUT2D eigenvalue weighted by Gasteiger charge is 2.38. The van der Waals surface area contributed by atoms with Gasteiger partial charge in [0.1, 0.15) is 30.3 Å². The quantitative estimate of drug-likeness (QED) is 0.206. The molecule has 0 unspecified atom stereocenters. The Bertz CT molecular complexity index is 1290. The Kier molecular flexibility index (Phi) is 8.21. The van der Waals surface area contributed by atoms with Crippen LogP contribution in [0.5, 0.6) is 23.0 Å². The third-order valence-corrected chi connectivity index (χ3v) is 5.77. The number of carbonyl (C=O) groups is 2. The number of carbonyl (C=O) groups excluding carboxylic acids is 2. The van der Waals surface area contributed by atoms with Gasteiger partial charge in [0.2, 0.25) is 0 Å². The Morgan fingerprint density at radius 1 is 0.684 bits per heavy atom. The maximum Gasteiger partial charge on any atom is 0.348 e. The number of hydrogen-bond acceptors (Lipinski definition) is 8. The van der Waals surface area contributed by atoms with E-state index in [1.807, 2.05) is 60.7 Å². The van der Waals surface area contributed by atoms with Gasteiger partial charge < -0.3 is 28.4 Å². The second-order valence-electron chi connectivity index (χ2n) is 9.06. The zero-order chi connectivity index (χ0) is 27.1. The number of cyclic esters (lactones) is 2. The molecule has 0 radical (unpaired) electrons. The van der Waals surface area contributed by atoms with E-state index < -0.39 is 17.7 Å². The maximum absolute atomic E-state index is 12.3. The predicted molar refractivity (Wildman–Crippen MR) is 139 cm³/mol. The van der Waals surface area contributed by atoms with E-state index in [0.717, 1.165) is 28.2 Å². The fourth-order valence-corrected chi connectivity index (χ4v) is 3.72. The molecule has 0 N–H and O–H groups in total. The first-order valence-corrected chi connectivity index (χ1v) is 12.1. The van der Waals surface area contributed by atoms with Crippen LogP contribution in [0.2, 0.25) is 0 Å². The second kappa shape index (κ2) is 11.7. The van der Waals surface area contributed by atoms with Gasteiger partial charge >= 0.3 is 11.9 Å². The Morgan fingerprint density at radius 3 is 1.66 bits per heavy atom. The summed E-state index contributed by atoms with van der Waals surface area (Å²) < 4.78 is 33.0. The molecule has 0 aliphatic carbocycles. The molecule has 1 aliphatic heterocycles. The van der Waals surface area contributed by atoms with Crippen molar-refractivity contribution in [3.05, 3.63) is 95.1 Å². The number of hydrogen-bond donors (Lipinski definition) is 0. The number of benzene rings is 3. The average Bonchev–Trinajstić information content (AvgIpc) is 2.90. The third kappa shape index (κ3) is 6.85. The van der Waals surface area contributed by atoms with E-state index in [4.69, 9.17) is 28.4 Å². The van der Waals surface area contributed by atoms with Crippen LogP contribution >= 0.6 is 0 Å². The number of methoxy groups -OCH3 is 2. The molecule has 1 aliphatic rings. The molecule has 198 valence electrons. The summed E-state index contributed by atoms with van der Waals surface area (Å²) in [5.41, 5.74) is 2.60. The van der Waals surface area contributed by atoms with Gasteiger partial charge in [0.15, 0.2) is 11.5 Å². The normalized spacial score (nSPS) is 14.3. The summed E-state index contributed by atoms with van der Waals surface area (Å²) in [6.07, 6.45) is 1.79. The van der Waals surface area contributed by atoms with Crippen LogP contribution in [0.15, 0.2) is 78.4 Å². The van der Waals surface area contributed by atoms with Crippen molar-refractivity contribution in [3.63, 3.8) is 0 Å². The average molecular weight is 519 g/mol. The van der Waals surface area contributed by atoms with E-state index in [1.54, 1.807) is 20.3 Å². The summed E-state index contributed by atoms with van der Waals surface area (Å²) in [5.74, 6) is -0.0791. The molecule has 0 bridgehead atoms. The first kappa shape index (κ1) is 26.6. The van der Waals surface area contributed by atoms with E-state index in [-0.39, 0.29) is 12.0 Å². The molecule has 0 aromatic heterocycles. The highest BCUT2D eigenvalue weighted by Crippen LogP contribution is 2.31. The van der Waals surface area contributed by atoms with Crippen LogP contribution in [0.4, 0.5) is 0 Å². The molecule has 3 aromatic carbocycles. The SMILES string of the molecule is COc1ccc(COc2ccc(CC=C3C(=O)OC(C)(C)OC3=O)cc2OCc2ccc(OC)cc2)cc1. The molecule has 38 heavy (non-hydrogen) atoms. The molecule has 1 saturated heterocycles. The summed E-state index contributed by atoms with van der Waals surface area (Å²) in [4.78, 5) is 24.6. The standard InChI is InChI=1S/C30H30O8/c1-30(2)37-28(31)25(29(32)38-30)15-9-20-10-16-26(35-18-21-5-11-23(33-3)12-6-21)27(17-20)36-19-22-7-13-24(34-4)14-8-22/h5-8,10-17H,9,18-19H2,1-4H3. The molecule has 8 nitrogen and oxygen atoms in total. The summed E-state index contributed by atoms with van der Waals surface area (Å²) in [7, 11) is 3.24. The smallest absolute Gasteiger partial charge is 0.348 e. The van der Waals surface area contributed by atoms with Crippen LogP contribution in [0, 0.1) is 0 Å². The predicted octanol–water partition coefficient (Wildman–Crippen LogP) is 5.17. The van der Waals surface area contributed by atoms with Crippen LogP contribution in [-0.4, -0.2) is 31.9 Å². The number of esters is 2. The van der Waals surface area contributed by atoms with Crippen molar-refractivity contribution >= 4 is 11.9 Å². The lowest BCUT2D eigenvalue weighted by Gasteiger charge is -2.29. The van der Waals surface area contributed by atoms with Gasteiger partial charge in [0, 0.05) is 13.8 Å². The fourth-order valence-electron chi connectivity index (χ4n) is 3.72. The van der Waals surface area contributed by atoms with Gasteiger partial charge in [-0.2, -0.15) is 0 Å². The molecule has 0 amide bonds. The van der Waals surface area contributed by atoms with Crippen LogP contribution in [0.25, 0.3) is 0 Å². The summed E-state index contributed by atoms with van der Waals surface area (Å²) in [6, 6.07) is 20.7. The van der Waals surface area contributed by atoms with Gasteiger partial charge in [0.05, 0.1) is 14.2 Å². The van der Waals surface area contributed by atoms with Crippen molar-refractivity contribution in [3.8, 4) is 23.0 Å². The highest BCUT2D eigenvalue weighted by atomic mass is 16.7. The van der Waals surface area contributed by atoms with Crippen molar-refractivity contribution < 1.29 is 38.0 Å². The van der Waals surface area contributed by atoms with E-state index >= 15 is 0 Å². The Hall–Kier alpha value is -4.46. The molecular formula is C30H30O8. The molecular weight excluding hydrogens is 488 g/mol. The monoisotopic (exact) mass is 518 g/mol. The maximum atomic E-state index is 12.3. The lowest BCUT2D eigenvalue weighted by atomic mass is 10.1. The lowest BCUT2D eigenvalue weighted by molar-refractivity contribution is -0.222.